The summed E-state index contributed by atoms with van der Waals surface area (Å²) in [4.78, 5) is 24.9. The Hall–Kier alpha value is -3.52. The Morgan fingerprint density at radius 2 is 1.79 bits per heavy atom. The number of ether oxygens (including phenoxy) is 2. The second-order valence-corrected chi connectivity index (χ2v) is 11.3. The van der Waals surface area contributed by atoms with Gasteiger partial charge in [0.2, 0.25) is 6.29 Å². The number of benzene rings is 2. The molecule has 12 nitrogen and oxygen atoms in total. The van der Waals surface area contributed by atoms with Crippen molar-refractivity contribution >= 4 is 16.9 Å². The fraction of sp³-hybridized carbons (Fsp3) is 0.484. The van der Waals surface area contributed by atoms with Crippen LogP contribution in [0.2, 0.25) is 0 Å². The minimum absolute atomic E-state index is 0.0577. The molecule has 4 rings (SSSR count). The number of nitrogens with one attached hydrogen (secondary N) is 2. The Bertz CT molecular complexity index is 1440. The number of hydrogen-bond donors (Lipinski definition) is 7. The number of rotatable bonds is 13. The molecule has 234 valence electrons. The minimum atomic E-state index is -2.25. The highest BCUT2D eigenvalue weighted by Gasteiger charge is 2.58. The van der Waals surface area contributed by atoms with Crippen LogP contribution in [0.3, 0.4) is 0 Å². The summed E-state index contributed by atoms with van der Waals surface area (Å²) in [5.41, 5.74) is -1.59. The largest absolute Gasteiger partial charge is 0.508 e. The van der Waals surface area contributed by atoms with Gasteiger partial charge in [-0.25, -0.2) is 4.79 Å². The summed E-state index contributed by atoms with van der Waals surface area (Å²) in [5.74, 6) is -0.934. The average Bonchev–Trinajstić information content (AvgIpc) is 2.97. The molecule has 43 heavy (non-hydrogen) atoms. The van der Waals surface area contributed by atoms with E-state index in [9.17, 15) is 35.1 Å². The summed E-state index contributed by atoms with van der Waals surface area (Å²) < 4.78 is 17.1. The lowest BCUT2D eigenvalue weighted by Crippen LogP contribution is -2.71. The van der Waals surface area contributed by atoms with Crippen molar-refractivity contribution in [3.05, 3.63) is 59.0 Å². The molecular formula is C31H40N2O10. The molecule has 2 heterocycles. The Labute approximate surface area is 248 Å². The molecule has 0 spiro atoms. The van der Waals surface area contributed by atoms with Gasteiger partial charge in [-0.15, -0.1) is 0 Å². The van der Waals surface area contributed by atoms with Crippen LogP contribution in [-0.2, 0) is 9.53 Å². The molecule has 1 fully saturated rings. The fourth-order valence-electron chi connectivity index (χ4n) is 5.07. The lowest BCUT2D eigenvalue weighted by atomic mass is 9.85. The summed E-state index contributed by atoms with van der Waals surface area (Å²) >= 11 is 0. The quantitative estimate of drug-likeness (QED) is 0.141. The van der Waals surface area contributed by atoms with Gasteiger partial charge < -0.3 is 50.1 Å². The van der Waals surface area contributed by atoms with E-state index in [1.165, 1.54) is 36.6 Å². The van der Waals surface area contributed by atoms with Crippen molar-refractivity contribution in [1.82, 2.24) is 10.6 Å². The Kier molecular flexibility index (Phi) is 10.4. The van der Waals surface area contributed by atoms with Crippen molar-refractivity contribution in [3.8, 4) is 22.6 Å². The van der Waals surface area contributed by atoms with E-state index in [0.717, 1.165) is 19.5 Å². The molecule has 3 aromatic rings. The first-order chi connectivity index (χ1) is 20.5. The molecule has 1 aliphatic rings. The van der Waals surface area contributed by atoms with Crippen molar-refractivity contribution in [3.63, 3.8) is 0 Å². The van der Waals surface area contributed by atoms with Crippen LogP contribution in [0.5, 0.6) is 11.5 Å². The summed E-state index contributed by atoms with van der Waals surface area (Å²) in [7, 11) is 0. The third kappa shape index (κ3) is 7.18. The van der Waals surface area contributed by atoms with Gasteiger partial charge in [-0.2, -0.15) is 0 Å². The first-order valence-electron chi connectivity index (χ1n) is 14.4. The Morgan fingerprint density at radius 1 is 1.09 bits per heavy atom. The standard InChI is InChI=1S/C31H40N2O10/c1-4-11-32-13-19(17(2)3)14-33-16-31(40)28(37)26(36)27(29(38)39)43-30(31)42-21-9-10-22-24(12-21)41-15-23(25(22)35)18-5-7-20(34)8-6-18/h5-10,12,15,17,19,26-28,30,32-34,36-37,40H,4,11,13-14,16H2,1-3H3,(H,38,39)/t19-,26-,27+,28+,30-,31-/m1/s1. The normalized spacial score (nSPS) is 24.7. The lowest BCUT2D eigenvalue weighted by Gasteiger charge is -2.47. The summed E-state index contributed by atoms with van der Waals surface area (Å²) in [6.07, 6.45) is -5.17. The zero-order valence-corrected chi connectivity index (χ0v) is 24.4. The van der Waals surface area contributed by atoms with Crippen LogP contribution in [-0.4, -0.2) is 87.9 Å². The topological polar surface area (TPSA) is 191 Å². The zero-order valence-electron chi connectivity index (χ0n) is 24.4. The van der Waals surface area contributed by atoms with E-state index in [-0.39, 0.29) is 45.9 Å². The molecule has 6 atom stereocenters. The number of fused-ring (bicyclic) bond motifs is 1. The van der Waals surface area contributed by atoms with E-state index < -0.39 is 36.2 Å². The summed E-state index contributed by atoms with van der Waals surface area (Å²) in [6.45, 7) is 8.00. The average molecular weight is 601 g/mol. The van der Waals surface area contributed by atoms with Gasteiger partial charge in [-0.05, 0) is 67.7 Å². The van der Waals surface area contributed by atoms with Crippen LogP contribution in [0, 0.1) is 11.8 Å². The molecule has 0 unspecified atom stereocenters. The van der Waals surface area contributed by atoms with Gasteiger partial charge in [-0.1, -0.05) is 32.9 Å². The number of hydrogen-bond acceptors (Lipinski definition) is 11. The molecule has 0 aliphatic carbocycles. The zero-order chi connectivity index (χ0) is 31.3. The van der Waals surface area contributed by atoms with Crippen molar-refractivity contribution in [2.24, 2.45) is 11.8 Å². The third-order valence-electron chi connectivity index (χ3n) is 7.83. The lowest BCUT2D eigenvalue weighted by molar-refractivity contribution is -0.311. The number of aromatic hydroxyl groups is 1. The van der Waals surface area contributed by atoms with Gasteiger partial charge in [0.1, 0.15) is 35.6 Å². The predicted octanol–water partition coefficient (Wildman–Crippen LogP) is 1.67. The number of aliphatic carboxylic acids is 1. The van der Waals surface area contributed by atoms with Gasteiger partial charge in [0, 0.05) is 12.6 Å². The first kappa shape index (κ1) is 32.4. The van der Waals surface area contributed by atoms with Crippen LogP contribution in [0.15, 0.2) is 57.9 Å². The maximum atomic E-state index is 13.2. The fourth-order valence-corrected chi connectivity index (χ4v) is 5.07. The number of aliphatic hydroxyl groups excluding tert-OH is 2. The number of phenols is 1. The number of phenolic OH excluding ortho intramolecular Hbond substituents is 1. The molecule has 2 aromatic carbocycles. The predicted molar refractivity (Wildman–Crippen MR) is 158 cm³/mol. The maximum Gasteiger partial charge on any atom is 0.335 e. The van der Waals surface area contributed by atoms with E-state index in [4.69, 9.17) is 13.9 Å². The molecule has 1 aliphatic heterocycles. The highest BCUT2D eigenvalue weighted by molar-refractivity contribution is 5.82. The summed E-state index contributed by atoms with van der Waals surface area (Å²) in [6, 6.07) is 10.4. The van der Waals surface area contributed by atoms with Crippen molar-refractivity contribution in [2.75, 3.05) is 26.2 Å². The first-order valence-corrected chi connectivity index (χ1v) is 14.4. The third-order valence-corrected chi connectivity index (χ3v) is 7.83. The highest BCUT2D eigenvalue weighted by atomic mass is 16.7. The van der Waals surface area contributed by atoms with Gasteiger partial charge >= 0.3 is 5.97 Å². The number of carboxylic acid groups (broad SMARTS) is 1. The Morgan fingerprint density at radius 3 is 2.44 bits per heavy atom. The molecule has 7 N–H and O–H groups in total. The second-order valence-electron chi connectivity index (χ2n) is 11.3. The van der Waals surface area contributed by atoms with E-state index in [1.807, 2.05) is 0 Å². The van der Waals surface area contributed by atoms with E-state index in [1.54, 1.807) is 12.1 Å². The highest BCUT2D eigenvalue weighted by Crippen LogP contribution is 2.33. The van der Waals surface area contributed by atoms with E-state index in [2.05, 4.69) is 31.4 Å². The van der Waals surface area contributed by atoms with Crippen molar-refractivity contribution in [1.29, 1.82) is 0 Å². The van der Waals surface area contributed by atoms with Gasteiger partial charge in [0.25, 0.3) is 0 Å². The number of aliphatic hydroxyl groups is 3. The maximum absolute atomic E-state index is 13.2. The molecule has 0 saturated carbocycles. The van der Waals surface area contributed by atoms with Crippen molar-refractivity contribution in [2.45, 2.75) is 57.4 Å². The summed E-state index contributed by atoms with van der Waals surface area (Å²) in [5, 5.41) is 58.9. The van der Waals surface area contributed by atoms with Gasteiger partial charge in [0.15, 0.2) is 17.1 Å². The van der Waals surface area contributed by atoms with Crippen LogP contribution < -0.4 is 20.8 Å². The van der Waals surface area contributed by atoms with Crippen LogP contribution in [0.25, 0.3) is 22.1 Å². The monoisotopic (exact) mass is 600 g/mol. The van der Waals surface area contributed by atoms with E-state index in [0.29, 0.717) is 18.0 Å². The van der Waals surface area contributed by atoms with Crippen LogP contribution >= 0.6 is 0 Å². The van der Waals surface area contributed by atoms with Gasteiger partial charge in [0.05, 0.1) is 10.9 Å². The van der Waals surface area contributed by atoms with E-state index >= 15 is 0 Å². The molecule has 12 heteroatoms. The molecule has 1 aromatic heterocycles. The van der Waals surface area contributed by atoms with Gasteiger partial charge in [-0.3, -0.25) is 4.79 Å². The van der Waals surface area contributed by atoms with Crippen LogP contribution in [0.1, 0.15) is 27.2 Å². The molecule has 0 radical (unpaired) electrons. The van der Waals surface area contributed by atoms with Crippen molar-refractivity contribution < 1.29 is 44.2 Å². The Balaban J connectivity index is 1.58. The SMILES string of the molecule is CCCNC[C@H](CNC[C@]1(O)[C@H](Oc2ccc3c(=O)c(-c4ccc(O)cc4)coc3c2)O[C@H](C(=O)O)[C@@H](O)[C@@H]1O)C(C)C. The number of carbonyl (C=O) groups is 1. The van der Waals surface area contributed by atoms with Crippen LogP contribution in [0.4, 0.5) is 0 Å². The molecule has 0 amide bonds. The number of carboxylic acids is 1. The molecule has 1 saturated heterocycles. The minimum Gasteiger partial charge on any atom is -0.508 e. The smallest absolute Gasteiger partial charge is 0.335 e. The molecular weight excluding hydrogens is 560 g/mol. The second kappa shape index (κ2) is 13.8. The molecule has 0 bridgehead atoms.